The number of para-hydroxylation sites is 2. The zero-order valence-corrected chi connectivity index (χ0v) is 29.2. The van der Waals surface area contributed by atoms with Gasteiger partial charge in [-0.1, -0.05) is 115 Å². The molecule has 0 amide bonds. The third-order valence-electron chi connectivity index (χ3n) is 8.80. The van der Waals surface area contributed by atoms with E-state index in [1.165, 1.54) is 15.9 Å². The molecule has 0 aliphatic rings. The first-order valence-electron chi connectivity index (χ1n) is 16.2. The first kappa shape index (κ1) is 33.1. The third kappa shape index (κ3) is 8.52. The molecule has 0 aliphatic heterocycles. The second-order valence-electron chi connectivity index (χ2n) is 12.2. The molecular weight excluding hydrogens is 601 g/mol. The SMILES string of the molecule is COc1ccccc1CCC[Si](C)(O[Si](C)(CCCc1ccccc1OC(=O)c1ccccc1)c1ccccc1)c1ccccc1. The summed E-state index contributed by atoms with van der Waals surface area (Å²) in [5.41, 5.74) is 2.82. The zero-order valence-electron chi connectivity index (χ0n) is 27.2. The van der Waals surface area contributed by atoms with Crippen LogP contribution in [-0.2, 0) is 17.0 Å². The van der Waals surface area contributed by atoms with E-state index in [0.29, 0.717) is 11.3 Å². The molecule has 0 N–H and O–H groups in total. The summed E-state index contributed by atoms with van der Waals surface area (Å²) in [5, 5.41) is 2.65. The Labute approximate surface area is 276 Å². The van der Waals surface area contributed by atoms with Crippen LogP contribution in [0.25, 0.3) is 0 Å². The Hall–Kier alpha value is -4.24. The lowest BCUT2D eigenvalue weighted by Gasteiger charge is -2.39. The molecular formula is C40H44O4Si2. The number of benzene rings is 5. The minimum atomic E-state index is -2.42. The molecule has 6 heteroatoms. The molecule has 0 spiro atoms. The van der Waals surface area contributed by atoms with Crippen molar-refractivity contribution < 1.29 is 18.4 Å². The van der Waals surface area contributed by atoms with Crippen LogP contribution in [0, 0.1) is 0 Å². The van der Waals surface area contributed by atoms with Gasteiger partial charge in [-0.15, -0.1) is 0 Å². The summed E-state index contributed by atoms with van der Waals surface area (Å²) in [6.07, 6.45) is 3.70. The van der Waals surface area contributed by atoms with Gasteiger partial charge in [0, 0.05) is 0 Å². The van der Waals surface area contributed by atoms with E-state index in [1.807, 2.05) is 48.5 Å². The number of carbonyl (C=O) groups excluding carboxylic acids is 1. The fourth-order valence-electron chi connectivity index (χ4n) is 6.27. The minimum absolute atomic E-state index is 0.336. The Morgan fingerprint density at radius 3 is 1.46 bits per heavy atom. The van der Waals surface area contributed by atoms with E-state index in [4.69, 9.17) is 13.6 Å². The van der Waals surface area contributed by atoms with Gasteiger partial charge in [0.25, 0.3) is 0 Å². The molecule has 5 rings (SSSR count). The molecule has 0 heterocycles. The Morgan fingerprint density at radius 1 is 0.543 bits per heavy atom. The van der Waals surface area contributed by atoms with E-state index >= 15 is 0 Å². The smallest absolute Gasteiger partial charge is 0.343 e. The van der Waals surface area contributed by atoms with Crippen molar-refractivity contribution in [1.29, 1.82) is 0 Å². The maximum absolute atomic E-state index is 12.9. The van der Waals surface area contributed by atoms with Crippen molar-refractivity contribution >= 4 is 33.0 Å². The molecule has 0 bridgehead atoms. The van der Waals surface area contributed by atoms with Crippen molar-refractivity contribution in [1.82, 2.24) is 0 Å². The summed E-state index contributed by atoms with van der Waals surface area (Å²) in [6, 6.07) is 49.1. The van der Waals surface area contributed by atoms with Gasteiger partial charge < -0.3 is 13.6 Å². The van der Waals surface area contributed by atoms with Gasteiger partial charge in [0.05, 0.1) is 12.7 Å². The Morgan fingerprint density at radius 2 is 0.957 bits per heavy atom. The van der Waals surface area contributed by atoms with Crippen LogP contribution in [0.15, 0.2) is 140 Å². The van der Waals surface area contributed by atoms with Crippen LogP contribution >= 0.6 is 0 Å². The topological polar surface area (TPSA) is 44.8 Å². The van der Waals surface area contributed by atoms with Crippen molar-refractivity contribution in [3.8, 4) is 11.5 Å². The minimum Gasteiger partial charge on any atom is -0.496 e. The fraction of sp³-hybridized carbons (Fsp3) is 0.225. The number of ether oxygens (including phenoxy) is 2. The number of hydrogen-bond donors (Lipinski definition) is 0. The zero-order chi connectivity index (χ0) is 32.2. The molecule has 2 unspecified atom stereocenters. The van der Waals surface area contributed by atoms with Crippen LogP contribution in [0.5, 0.6) is 11.5 Å². The lowest BCUT2D eigenvalue weighted by atomic mass is 10.1. The molecule has 236 valence electrons. The second kappa shape index (κ2) is 15.9. The first-order chi connectivity index (χ1) is 22.4. The average molecular weight is 645 g/mol. The van der Waals surface area contributed by atoms with Crippen molar-refractivity contribution in [3.05, 3.63) is 156 Å². The number of rotatable bonds is 15. The highest BCUT2D eigenvalue weighted by atomic mass is 28.4. The molecule has 46 heavy (non-hydrogen) atoms. The molecule has 5 aromatic rings. The van der Waals surface area contributed by atoms with Crippen molar-refractivity contribution in [3.63, 3.8) is 0 Å². The van der Waals surface area contributed by atoms with Crippen LogP contribution in [0.4, 0.5) is 0 Å². The summed E-state index contributed by atoms with van der Waals surface area (Å²) in [7, 11) is -3.05. The molecule has 4 nitrogen and oxygen atoms in total. The molecule has 0 fully saturated rings. The highest BCUT2D eigenvalue weighted by Gasteiger charge is 2.41. The lowest BCUT2D eigenvalue weighted by molar-refractivity contribution is 0.0733. The van der Waals surface area contributed by atoms with E-state index in [0.717, 1.165) is 49.1 Å². The van der Waals surface area contributed by atoms with Crippen LogP contribution in [0.3, 0.4) is 0 Å². The normalized spacial score (nSPS) is 13.7. The molecule has 2 atom stereocenters. The first-order valence-corrected chi connectivity index (χ1v) is 21.4. The summed E-state index contributed by atoms with van der Waals surface area (Å²) in [6.45, 7) is 4.79. The average Bonchev–Trinajstić information content (AvgIpc) is 3.10. The number of carbonyl (C=O) groups is 1. The Bertz CT molecular complexity index is 1680. The van der Waals surface area contributed by atoms with Crippen LogP contribution in [-0.4, -0.2) is 29.7 Å². The molecule has 0 aromatic heterocycles. The molecule has 0 radical (unpaired) electrons. The molecule has 0 aliphatic carbocycles. The van der Waals surface area contributed by atoms with Crippen LogP contribution < -0.4 is 19.8 Å². The summed E-state index contributed by atoms with van der Waals surface area (Å²) in [4.78, 5) is 12.9. The van der Waals surface area contributed by atoms with E-state index in [-0.39, 0.29) is 5.97 Å². The van der Waals surface area contributed by atoms with Gasteiger partial charge in [-0.25, -0.2) is 4.79 Å². The van der Waals surface area contributed by atoms with E-state index < -0.39 is 16.6 Å². The fourth-order valence-corrected chi connectivity index (χ4v) is 16.1. The highest BCUT2D eigenvalue weighted by molar-refractivity contribution is 6.97. The van der Waals surface area contributed by atoms with Crippen LogP contribution in [0.1, 0.15) is 34.3 Å². The van der Waals surface area contributed by atoms with E-state index in [9.17, 15) is 4.79 Å². The predicted octanol–water partition coefficient (Wildman–Crippen LogP) is 8.46. The van der Waals surface area contributed by atoms with Crippen molar-refractivity contribution in [2.24, 2.45) is 0 Å². The highest BCUT2D eigenvalue weighted by Crippen LogP contribution is 2.29. The summed E-state index contributed by atoms with van der Waals surface area (Å²) >= 11 is 0. The van der Waals surface area contributed by atoms with Gasteiger partial charge in [-0.2, -0.15) is 0 Å². The van der Waals surface area contributed by atoms with Gasteiger partial charge in [0.2, 0.25) is 16.6 Å². The van der Waals surface area contributed by atoms with Gasteiger partial charge in [0.15, 0.2) is 0 Å². The van der Waals surface area contributed by atoms with E-state index in [2.05, 4.69) is 92.0 Å². The van der Waals surface area contributed by atoms with Gasteiger partial charge >= 0.3 is 5.97 Å². The van der Waals surface area contributed by atoms with Crippen molar-refractivity contribution in [2.45, 2.75) is 50.9 Å². The molecule has 0 saturated heterocycles. The maximum atomic E-state index is 12.9. The van der Waals surface area contributed by atoms with Gasteiger partial charge in [-0.3, -0.25) is 0 Å². The molecule has 0 saturated carbocycles. The Balaban J connectivity index is 1.35. The second-order valence-corrected chi connectivity index (χ2v) is 20.1. The number of aryl methyl sites for hydroxylation is 2. The molecule has 5 aromatic carbocycles. The van der Waals surface area contributed by atoms with Crippen molar-refractivity contribution in [2.75, 3.05) is 7.11 Å². The quantitative estimate of drug-likeness (QED) is 0.0652. The van der Waals surface area contributed by atoms with E-state index in [1.54, 1.807) is 19.2 Å². The lowest BCUT2D eigenvalue weighted by Crippen LogP contribution is -2.60. The monoisotopic (exact) mass is 644 g/mol. The maximum Gasteiger partial charge on any atom is 0.343 e. The van der Waals surface area contributed by atoms with Gasteiger partial charge in [0.1, 0.15) is 11.5 Å². The number of methoxy groups -OCH3 is 1. The third-order valence-corrected chi connectivity index (χ3v) is 18.1. The number of esters is 1. The summed E-state index contributed by atoms with van der Waals surface area (Å²) < 4.78 is 19.2. The largest absolute Gasteiger partial charge is 0.496 e. The summed E-state index contributed by atoms with van der Waals surface area (Å²) in [5.74, 6) is 1.24. The van der Waals surface area contributed by atoms with Crippen LogP contribution in [0.2, 0.25) is 25.2 Å². The van der Waals surface area contributed by atoms with Gasteiger partial charge in [-0.05, 0) is 96.6 Å². The standard InChI is InChI=1S/C40H44O4Si2/c1-42-38-29-15-13-19-33(38)23-17-31-45(2,36-25-9-5-10-26-36)44-46(3,37-27-11-6-12-28-37)32-18-24-34-20-14-16-30-39(34)43-40(41)35-21-7-4-8-22-35/h4-16,19-22,25-30H,17-18,23-24,31-32H2,1-3H3. The number of hydrogen-bond acceptors (Lipinski definition) is 4. The predicted molar refractivity (Wildman–Crippen MR) is 194 cm³/mol. The Kier molecular flexibility index (Phi) is 11.4.